The van der Waals surface area contributed by atoms with Gasteiger partial charge >= 0.3 is 0 Å². The lowest BCUT2D eigenvalue weighted by Gasteiger charge is -2.35. The fourth-order valence-electron chi connectivity index (χ4n) is 1.39. The van der Waals surface area contributed by atoms with Crippen molar-refractivity contribution in [1.82, 2.24) is 0 Å². The molecule has 0 aromatic rings. The largest absolute Gasteiger partial charge is 0.600 e. The van der Waals surface area contributed by atoms with Crippen LogP contribution in [0.5, 0.6) is 0 Å². The molecule has 1 rings (SSSR count). The molecular formula is C6H11BrFNO3. The van der Waals surface area contributed by atoms with Gasteiger partial charge in [-0.15, -0.1) is 0 Å². The summed E-state index contributed by atoms with van der Waals surface area (Å²) in [7, 11) is 0. The van der Waals surface area contributed by atoms with Gasteiger partial charge in [0.2, 0.25) is 0 Å². The number of aliphatic hydroxyl groups excluding tert-OH is 1. The van der Waals surface area contributed by atoms with Gasteiger partial charge in [-0.1, -0.05) is 15.9 Å². The molecule has 0 heterocycles. The van der Waals surface area contributed by atoms with Crippen molar-refractivity contribution in [2.45, 2.75) is 36.0 Å². The predicted molar refractivity (Wildman–Crippen MR) is 42.8 cm³/mol. The van der Waals surface area contributed by atoms with Crippen molar-refractivity contribution in [3.63, 3.8) is 0 Å². The summed E-state index contributed by atoms with van der Waals surface area (Å²) in [6.45, 7) is 0. The van der Waals surface area contributed by atoms with Crippen molar-refractivity contribution in [3.05, 3.63) is 5.21 Å². The van der Waals surface area contributed by atoms with Crippen molar-refractivity contribution in [3.8, 4) is 0 Å². The van der Waals surface area contributed by atoms with Crippen LogP contribution in [0.15, 0.2) is 0 Å². The standard InChI is InChI=1S/C6H11BrFNO3/c7-4-1-3(8)2-5(6(4)10)9(11)12/h3-6,9-11H,1-2H2. The van der Waals surface area contributed by atoms with E-state index < -0.39 is 28.4 Å². The van der Waals surface area contributed by atoms with Crippen molar-refractivity contribution >= 4 is 15.9 Å². The second kappa shape index (κ2) is 3.97. The van der Waals surface area contributed by atoms with Gasteiger partial charge < -0.3 is 10.3 Å². The summed E-state index contributed by atoms with van der Waals surface area (Å²) < 4.78 is 12.8. The van der Waals surface area contributed by atoms with Gasteiger partial charge in [-0.25, -0.2) is 14.8 Å². The number of hydrogen-bond acceptors (Lipinski definition) is 3. The summed E-state index contributed by atoms with van der Waals surface area (Å²) >= 11 is 3.05. The van der Waals surface area contributed by atoms with Crippen LogP contribution < -0.4 is 5.23 Å². The molecule has 0 amide bonds. The molecule has 4 nitrogen and oxygen atoms in total. The van der Waals surface area contributed by atoms with Gasteiger partial charge in [0, 0.05) is 11.2 Å². The van der Waals surface area contributed by atoms with E-state index in [1.807, 2.05) is 0 Å². The molecule has 0 bridgehead atoms. The normalized spacial score (nSPS) is 45.8. The van der Waals surface area contributed by atoms with Gasteiger partial charge in [0.15, 0.2) is 0 Å². The second-order valence-electron chi connectivity index (χ2n) is 3.02. The number of aliphatic hydroxyl groups is 1. The summed E-state index contributed by atoms with van der Waals surface area (Å²) in [6.07, 6.45) is -2.00. The molecule has 1 aliphatic rings. The first-order valence-corrected chi connectivity index (χ1v) is 4.63. The highest BCUT2D eigenvalue weighted by atomic mass is 79.9. The highest BCUT2D eigenvalue weighted by Gasteiger charge is 2.39. The van der Waals surface area contributed by atoms with E-state index in [4.69, 9.17) is 5.21 Å². The van der Waals surface area contributed by atoms with E-state index in [1.54, 1.807) is 0 Å². The SMILES string of the molecule is [O-][NH+](O)C1CC(F)CC(Br)C1O. The molecule has 0 aliphatic heterocycles. The van der Waals surface area contributed by atoms with Gasteiger partial charge in [0.1, 0.15) is 18.3 Å². The lowest BCUT2D eigenvalue weighted by molar-refractivity contribution is -1.07. The molecule has 0 aromatic carbocycles. The Morgan fingerprint density at radius 1 is 1.50 bits per heavy atom. The average Bonchev–Trinajstić information content (AvgIpc) is 1.96. The van der Waals surface area contributed by atoms with Crippen molar-refractivity contribution < 1.29 is 19.9 Å². The van der Waals surface area contributed by atoms with Crippen LogP contribution in [0.25, 0.3) is 0 Å². The van der Waals surface area contributed by atoms with Crippen LogP contribution in [0.3, 0.4) is 0 Å². The first kappa shape index (κ1) is 10.3. The Bertz CT molecular complexity index is 160. The fraction of sp³-hybridized carbons (Fsp3) is 1.00. The minimum absolute atomic E-state index is 0.0847. The Morgan fingerprint density at radius 3 is 2.58 bits per heavy atom. The van der Waals surface area contributed by atoms with Crippen molar-refractivity contribution in [2.75, 3.05) is 0 Å². The molecule has 1 fully saturated rings. The molecule has 5 unspecified atom stereocenters. The topological polar surface area (TPSA) is 68.0 Å². The van der Waals surface area contributed by atoms with Crippen LogP contribution in [-0.2, 0) is 0 Å². The van der Waals surface area contributed by atoms with E-state index in [9.17, 15) is 14.7 Å². The molecule has 0 spiro atoms. The monoisotopic (exact) mass is 243 g/mol. The van der Waals surface area contributed by atoms with Crippen molar-refractivity contribution in [2.24, 2.45) is 0 Å². The number of quaternary nitrogens is 1. The third-order valence-electron chi connectivity index (χ3n) is 2.09. The number of hydroxylamine groups is 2. The molecule has 5 atom stereocenters. The van der Waals surface area contributed by atoms with Gasteiger partial charge in [-0.05, 0) is 6.42 Å². The zero-order valence-electron chi connectivity index (χ0n) is 6.28. The van der Waals surface area contributed by atoms with Crippen molar-refractivity contribution in [1.29, 1.82) is 0 Å². The highest BCUT2D eigenvalue weighted by Crippen LogP contribution is 2.25. The van der Waals surface area contributed by atoms with E-state index in [-0.39, 0.29) is 12.8 Å². The molecule has 0 radical (unpaired) electrons. The van der Waals surface area contributed by atoms with Crippen LogP contribution in [-0.4, -0.2) is 33.5 Å². The van der Waals surface area contributed by atoms with E-state index in [1.165, 1.54) is 0 Å². The molecular weight excluding hydrogens is 233 g/mol. The Balaban J connectivity index is 2.60. The molecule has 1 saturated carbocycles. The molecule has 3 N–H and O–H groups in total. The summed E-state index contributed by atoms with van der Waals surface area (Å²) in [5.41, 5.74) is 0. The Kier molecular flexibility index (Phi) is 3.42. The third kappa shape index (κ3) is 2.14. The van der Waals surface area contributed by atoms with E-state index >= 15 is 0 Å². The fourth-order valence-corrected chi connectivity index (χ4v) is 2.17. The lowest BCUT2D eigenvalue weighted by Crippen LogP contribution is -3.11. The zero-order valence-corrected chi connectivity index (χ0v) is 7.87. The van der Waals surface area contributed by atoms with Crippen LogP contribution >= 0.6 is 15.9 Å². The minimum Gasteiger partial charge on any atom is -0.600 e. The summed E-state index contributed by atoms with van der Waals surface area (Å²) in [5.74, 6) is 0. The van der Waals surface area contributed by atoms with Gasteiger partial charge in [0.25, 0.3) is 0 Å². The molecule has 1 aliphatic carbocycles. The number of alkyl halides is 2. The Morgan fingerprint density at radius 2 is 2.08 bits per heavy atom. The molecule has 6 heteroatoms. The number of nitrogens with one attached hydrogen (secondary N) is 1. The Labute approximate surface area is 77.6 Å². The van der Waals surface area contributed by atoms with Gasteiger partial charge in [0.05, 0.1) is 0 Å². The number of halogens is 2. The van der Waals surface area contributed by atoms with Gasteiger partial charge in [-0.2, -0.15) is 0 Å². The van der Waals surface area contributed by atoms with E-state index in [0.717, 1.165) is 0 Å². The quantitative estimate of drug-likeness (QED) is 0.425. The first-order chi connectivity index (χ1) is 5.52. The minimum atomic E-state index is -1.13. The van der Waals surface area contributed by atoms with Gasteiger partial charge in [-0.3, -0.25) is 0 Å². The average molecular weight is 244 g/mol. The maximum Gasteiger partial charge on any atom is 0.147 e. The number of rotatable bonds is 1. The highest BCUT2D eigenvalue weighted by molar-refractivity contribution is 9.09. The van der Waals surface area contributed by atoms with E-state index in [0.29, 0.717) is 0 Å². The second-order valence-corrected chi connectivity index (χ2v) is 4.20. The maximum absolute atomic E-state index is 12.8. The third-order valence-corrected chi connectivity index (χ3v) is 3.01. The van der Waals surface area contributed by atoms with E-state index in [2.05, 4.69) is 15.9 Å². The predicted octanol–water partition coefficient (Wildman–Crippen LogP) is -0.617. The lowest BCUT2D eigenvalue weighted by atomic mass is 9.91. The maximum atomic E-state index is 12.8. The number of hydrogen-bond donors (Lipinski definition) is 3. The van der Waals surface area contributed by atoms with Crippen LogP contribution in [0.2, 0.25) is 0 Å². The molecule has 12 heavy (non-hydrogen) atoms. The zero-order chi connectivity index (χ0) is 9.30. The molecule has 72 valence electrons. The summed E-state index contributed by atoms with van der Waals surface area (Å²) in [5, 5.41) is 27.3. The van der Waals surface area contributed by atoms with Crippen LogP contribution in [0, 0.1) is 5.21 Å². The summed E-state index contributed by atoms with van der Waals surface area (Å²) in [4.78, 5) is -0.442. The Hall–Kier alpha value is 0.250. The molecule has 0 aromatic heterocycles. The summed E-state index contributed by atoms with van der Waals surface area (Å²) in [6, 6.07) is -0.974. The van der Waals surface area contributed by atoms with Crippen LogP contribution in [0.1, 0.15) is 12.8 Å². The van der Waals surface area contributed by atoms with Crippen LogP contribution in [0.4, 0.5) is 4.39 Å². The molecule has 0 saturated heterocycles. The smallest absolute Gasteiger partial charge is 0.147 e. The first-order valence-electron chi connectivity index (χ1n) is 3.71.